The molecule has 114 valence electrons. The average molecular weight is 294 g/mol. The molecule has 3 aromatic rings. The Morgan fingerprint density at radius 3 is 2.36 bits per heavy atom. The monoisotopic (exact) mass is 294 g/mol. The molecule has 1 heterocycles. The fourth-order valence-electron chi connectivity index (χ4n) is 2.46. The summed E-state index contributed by atoms with van der Waals surface area (Å²) in [5, 5.41) is 0. The van der Waals surface area contributed by atoms with Crippen molar-refractivity contribution >= 4 is 16.8 Å². The highest BCUT2D eigenvalue weighted by atomic mass is 16.3. The molecule has 2 N–H and O–H groups in total. The molecule has 22 heavy (non-hydrogen) atoms. The van der Waals surface area contributed by atoms with Crippen LogP contribution in [0.15, 0.2) is 46.9 Å². The normalized spacial score (nSPS) is 13.5. The van der Waals surface area contributed by atoms with Gasteiger partial charge in [0.2, 0.25) is 5.89 Å². The minimum Gasteiger partial charge on any atom is -0.436 e. The van der Waals surface area contributed by atoms with Crippen LogP contribution in [0.2, 0.25) is 0 Å². The molecule has 3 heteroatoms. The van der Waals surface area contributed by atoms with Crippen LogP contribution in [0.3, 0.4) is 0 Å². The molecule has 0 fully saturated rings. The van der Waals surface area contributed by atoms with E-state index in [1.807, 2.05) is 30.3 Å². The molecule has 0 saturated heterocycles. The Morgan fingerprint density at radius 2 is 1.73 bits per heavy atom. The number of aromatic nitrogens is 1. The van der Waals surface area contributed by atoms with Gasteiger partial charge in [0.05, 0.1) is 0 Å². The van der Waals surface area contributed by atoms with Crippen LogP contribution < -0.4 is 5.73 Å². The Morgan fingerprint density at radius 1 is 1.05 bits per heavy atom. The molecular weight excluding hydrogens is 272 g/mol. The van der Waals surface area contributed by atoms with Crippen molar-refractivity contribution in [2.75, 3.05) is 5.73 Å². The van der Waals surface area contributed by atoms with E-state index in [0.717, 1.165) is 22.4 Å². The van der Waals surface area contributed by atoms with Gasteiger partial charge >= 0.3 is 0 Å². The number of oxazole rings is 1. The number of rotatable bonds is 2. The van der Waals surface area contributed by atoms with Crippen molar-refractivity contribution in [3.63, 3.8) is 0 Å². The third-order valence-electron chi connectivity index (χ3n) is 4.37. The molecule has 3 nitrogen and oxygen atoms in total. The topological polar surface area (TPSA) is 52.0 Å². The first kappa shape index (κ1) is 14.6. The van der Waals surface area contributed by atoms with Crippen LogP contribution in [-0.4, -0.2) is 4.98 Å². The van der Waals surface area contributed by atoms with Crippen LogP contribution in [-0.2, 0) is 0 Å². The Balaban J connectivity index is 2.02. The van der Waals surface area contributed by atoms with E-state index in [9.17, 15) is 0 Å². The molecular formula is C19H22N2O. The van der Waals surface area contributed by atoms with Crippen molar-refractivity contribution in [3.8, 4) is 11.5 Å². The number of nitrogens with two attached hydrogens (primary N) is 1. The molecule has 0 aliphatic rings. The fourth-order valence-corrected chi connectivity index (χ4v) is 2.46. The van der Waals surface area contributed by atoms with Crippen molar-refractivity contribution in [2.45, 2.75) is 33.6 Å². The van der Waals surface area contributed by atoms with Crippen LogP contribution >= 0.6 is 0 Å². The van der Waals surface area contributed by atoms with Crippen molar-refractivity contribution in [2.24, 2.45) is 5.41 Å². The Kier molecular flexibility index (Phi) is 3.44. The van der Waals surface area contributed by atoms with Crippen molar-refractivity contribution in [1.82, 2.24) is 4.98 Å². The van der Waals surface area contributed by atoms with Crippen molar-refractivity contribution in [1.29, 1.82) is 0 Å². The van der Waals surface area contributed by atoms with Gasteiger partial charge in [-0.15, -0.1) is 0 Å². The second-order valence-electron chi connectivity index (χ2n) is 6.96. The Hall–Kier alpha value is -2.29. The molecule has 0 bridgehead atoms. The zero-order valence-electron chi connectivity index (χ0n) is 13.6. The van der Waals surface area contributed by atoms with Gasteiger partial charge in [-0.05, 0) is 53.3 Å². The summed E-state index contributed by atoms with van der Waals surface area (Å²) in [7, 11) is 0. The van der Waals surface area contributed by atoms with Gasteiger partial charge in [0.15, 0.2) is 5.58 Å². The van der Waals surface area contributed by atoms with Crippen LogP contribution in [0.4, 0.5) is 5.69 Å². The highest BCUT2D eigenvalue weighted by Crippen LogP contribution is 2.36. The quantitative estimate of drug-likeness (QED) is 0.659. The van der Waals surface area contributed by atoms with E-state index in [4.69, 9.17) is 10.2 Å². The van der Waals surface area contributed by atoms with E-state index >= 15 is 0 Å². The molecule has 0 aliphatic heterocycles. The second-order valence-corrected chi connectivity index (χ2v) is 6.96. The first-order chi connectivity index (χ1) is 10.3. The predicted molar refractivity (Wildman–Crippen MR) is 91.7 cm³/mol. The van der Waals surface area contributed by atoms with Gasteiger partial charge in [0.25, 0.3) is 0 Å². The maximum Gasteiger partial charge on any atom is 0.227 e. The summed E-state index contributed by atoms with van der Waals surface area (Å²) in [5.41, 5.74) is 10.6. The number of fused-ring (bicyclic) bond motifs is 1. The number of hydrogen-bond donors (Lipinski definition) is 1. The van der Waals surface area contributed by atoms with E-state index in [1.54, 1.807) is 0 Å². The molecule has 0 amide bonds. The molecule has 1 unspecified atom stereocenters. The highest BCUT2D eigenvalue weighted by Gasteiger charge is 2.22. The van der Waals surface area contributed by atoms with E-state index < -0.39 is 0 Å². The van der Waals surface area contributed by atoms with Crippen molar-refractivity contribution in [3.05, 3.63) is 48.0 Å². The van der Waals surface area contributed by atoms with Gasteiger partial charge in [0.1, 0.15) is 5.52 Å². The van der Waals surface area contributed by atoms with Gasteiger partial charge < -0.3 is 10.2 Å². The van der Waals surface area contributed by atoms with Gasteiger partial charge in [-0.25, -0.2) is 4.98 Å². The lowest BCUT2D eigenvalue weighted by atomic mass is 9.78. The molecule has 1 aromatic heterocycles. The minimum absolute atomic E-state index is 0.216. The van der Waals surface area contributed by atoms with Crippen molar-refractivity contribution < 1.29 is 4.42 Å². The molecule has 2 aromatic carbocycles. The summed E-state index contributed by atoms with van der Waals surface area (Å²) in [5.74, 6) is 1.08. The smallest absolute Gasteiger partial charge is 0.227 e. The van der Waals surface area contributed by atoms with E-state index in [2.05, 4.69) is 44.8 Å². The number of benzene rings is 2. The van der Waals surface area contributed by atoms with Crippen LogP contribution in [0.5, 0.6) is 0 Å². The third-order valence-corrected chi connectivity index (χ3v) is 4.37. The minimum atomic E-state index is 0.216. The summed E-state index contributed by atoms with van der Waals surface area (Å²) in [6, 6.07) is 13.9. The maximum absolute atomic E-state index is 5.95. The number of nitrogen functional groups attached to an aromatic ring is 1. The van der Waals surface area contributed by atoms with Gasteiger partial charge in [0, 0.05) is 11.3 Å². The number of anilines is 1. The fraction of sp³-hybridized carbons (Fsp3) is 0.316. The lowest BCUT2D eigenvalue weighted by molar-refractivity contribution is 0.339. The highest BCUT2D eigenvalue weighted by molar-refractivity contribution is 5.77. The third kappa shape index (κ3) is 2.71. The molecule has 0 saturated carbocycles. The van der Waals surface area contributed by atoms with E-state index in [0.29, 0.717) is 11.8 Å². The summed E-state index contributed by atoms with van der Waals surface area (Å²) in [6.45, 7) is 9.00. The van der Waals surface area contributed by atoms with Gasteiger partial charge in [-0.1, -0.05) is 33.8 Å². The standard InChI is InChI=1S/C19H22N2O/c1-12(19(2,3)4)14-7-10-16-17(11-14)22-18(21-16)13-5-8-15(20)9-6-13/h5-12H,20H2,1-4H3. The summed E-state index contributed by atoms with van der Waals surface area (Å²) >= 11 is 0. The molecule has 3 rings (SSSR count). The molecule has 1 atom stereocenters. The first-order valence-corrected chi connectivity index (χ1v) is 7.61. The van der Waals surface area contributed by atoms with Crippen LogP contribution in [0.25, 0.3) is 22.6 Å². The zero-order valence-corrected chi connectivity index (χ0v) is 13.6. The SMILES string of the molecule is CC(c1ccc2nc(-c3ccc(N)cc3)oc2c1)C(C)(C)C. The molecule has 0 radical (unpaired) electrons. The summed E-state index contributed by atoms with van der Waals surface area (Å²) in [6.07, 6.45) is 0. The largest absolute Gasteiger partial charge is 0.436 e. The van der Waals surface area contributed by atoms with E-state index in [-0.39, 0.29) is 5.41 Å². The maximum atomic E-state index is 5.95. The summed E-state index contributed by atoms with van der Waals surface area (Å²) in [4.78, 5) is 4.57. The zero-order chi connectivity index (χ0) is 15.9. The molecule has 0 spiro atoms. The Bertz CT molecular complexity index is 794. The predicted octanol–water partition coefficient (Wildman–Crippen LogP) is 5.23. The van der Waals surface area contributed by atoms with Gasteiger partial charge in [-0.2, -0.15) is 0 Å². The number of hydrogen-bond acceptors (Lipinski definition) is 3. The average Bonchev–Trinajstić information content (AvgIpc) is 2.89. The first-order valence-electron chi connectivity index (χ1n) is 7.61. The van der Waals surface area contributed by atoms with Gasteiger partial charge in [-0.3, -0.25) is 0 Å². The lowest BCUT2D eigenvalue weighted by Gasteiger charge is -2.27. The second kappa shape index (κ2) is 5.16. The van der Waals surface area contributed by atoms with Crippen LogP contribution in [0.1, 0.15) is 39.2 Å². The summed E-state index contributed by atoms with van der Waals surface area (Å²) < 4.78 is 5.95. The Labute approximate surface area is 131 Å². The van der Waals surface area contributed by atoms with Crippen LogP contribution in [0, 0.1) is 5.41 Å². The molecule has 0 aliphatic carbocycles. The lowest BCUT2D eigenvalue weighted by Crippen LogP contribution is -2.15. The number of nitrogens with zero attached hydrogens (tertiary/aromatic N) is 1. The van der Waals surface area contributed by atoms with E-state index in [1.165, 1.54) is 5.56 Å².